The van der Waals surface area contributed by atoms with Crippen molar-refractivity contribution < 1.29 is 0 Å². The Labute approximate surface area is 97.5 Å². The van der Waals surface area contributed by atoms with E-state index in [1.54, 1.807) is 18.0 Å². The van der Waals surface area contributed by atoms with Gasteiger partial charge in [-0.25, -0.2) is 4.98 Å². The molecule has 0 saturated carbocycles. The van der Waals surface area contributed by atoms with Gasteiger partial charge in [0.05, 0.1) is 6.20 Å². The third-order valence-corrected chi connectivity index (χ3v) is 4.08. The summed E-state index contributed by atoms with van der Waals surface area (Å²) in [5.41, 5.74) is 8.26. The smallest absolute Gasteiger partial charge is 0.156 e. The Kier molecular flexibility index (Phi) is 2.98. The topological polar surface area (TPSA) is 38.9 Å². The maximum absolute atomic E-state index is 5.63. The highest BCUT2D eigenvalue weighted by Gasteiger charge is 2.03. The number of hydrogen-bond acceptors (Lipinski definition) is 4. The molecule has 0 aliphatic heterocycles. The normalized spacial score (nSPS) is 10.5. The first kappa shape index (κ1) is 10.5. The lowest BCUT2D eigenvalue weighted by molar-refractivity contribution is 1.23. The molecule has 0 unspecified atom stereocenters. The van der Waals surface area contributed by atoms with Crippen molar-refractivity contribution in [3.8, 4) is 0 Å². The molecule has 1 heterocycles. The molecule has 4 heteroatoms. The molecular formula is C11H12N2S2. The van der Waals surface area contributed by atoms with E-state index in [-0.39, 0.29) is 0 Å². The van der Waals surface area contributed by atoms with Crippen LogP contribution in [0, 0.1) is 13.8 Å². The fraction of sp³-hybridized carbons (Fsp3) is 0.182. The first-order valence-electron chi connectivity index (χ1n) is 4.61. The highest BCUT2D eigenvalue weighted by atomic mass is 32.2. The Morgan fingerprint density at radius 3 is 2.67 bits per heavy atom. The van der Waals surface area contributed by atoms with Crippen molar-refractivity contribution in [3.63, 3.8) is 0 Å². The minimum atomic E-state index is 0.765. The molecule has 0 aliphatic rings. The highest BCUT2D eigenvalue weighted by molar-refractivity contribution is 8.01. The van der Waals surface area contributed by atoms with Crippen molar-refractivity contribution in [2.24, 2.45) is 0 Å². The van der Waals surface area contributed by atoms with Gasteiger partial charge >= 0.3 is 0 Å². The number of nitrogens with two attached hydrogens (primary N) is 1. The summed E-state index contributed by atoms with van der Waals surface area (Å²) in [7, 11) is 0. The van der Waals surface area contributed by atoms with Gasteiger partial charge in [0.2, 0.25) is 0 Å². The van der Waals surface area contributed by atoms with Crippen LogP contribution in [0.5, 0.6) is 0 Å². The molecule has 15 heavy (non-hydrogen) atoms. The summed E-state index contributed by atoms with van der Waals surface area (Å²) in [6.45, 7) is 4.24. The SMILES string of the molecule is Cc1ccc(Sc2ncc(N)s2)cc1C. The summed E-state index contributed by atoms with van der Waals surface area (Å²) in [6.07, 6.45) is 1.70. The maximum Gasteiger partial charge on any atom is 0.156 e. The van der Waals surface area contributed by atoms with E-state index in [1.165, 1.54) is 27.4 Å². The van der Waals surface area contributed by atoms with Gasteiger partial charge in [-0.1, -0.05) is 29.2 Å². The second-order valence-corrected chi connectivity index (χ2v) is 5.76. The molecule has 0 bridgehead atoms. The van der Waals surface area contributed by atoms with E-state index in [1.807, 2.05) is 0 Å². The van der Waals surface area contributed by atoms with Crippen LogP contribution in [0.4, 0.5) is 5.00 Å². The highest BCUT2D eigenvalue weighted by Crippen LogP contribution is 2.32. The van der Waals surface area contributed by atoms with Crippen molar-refractivity contribution in [3.05, 3.63) is 35.5 Å². The second kappa shape index (κ2) is 4.24. The number of nitrogens with zero attached hydrogens (tertiary/aromatic N) is 1. The van der Waals surface area contributed by atoms with Crippen molar-refractivity contribution in [1.82, 2.24) is 4.98 Å². The van der Waals surface area contributed by atoms with Gasteiger partial charge in [0.15, 0.2) is 4.34 Å². The van der Waals surface area contributed by atoms with Crippen LogP contribution >= 0.6 is 23.1 Å². The summed E-state index contributed by atoms with van der Waals surface area (Å²) in [6, 6.07) is 6.43. The third-order valence-electron chi connectivity index (χ3n) is 2.19. The predicted molar refractivity (Wildman–Crippen MR) is 66.6 cm³/mol. The molecule has 0 aliphatic carbocycles. The Morgan fingerprint density at radius 2 is 2.07 bits per heavy atom. The van der Waals surface area contributed by atoms with E-state index in [9.17, 15) is 0 Å². The number of anilines is 1. The average Bonchev–Trinajstić information content (AvgIpc) is 2.58. The summed E-state index contributed by atoms with van der Waals surface area (Å²) >= 11 is 3.18. The van der Waals surface area contributed by atoms with E-state index in [2.05, 4.69) is 37.0 Å². The van der Waals surface area contributed by atoms with E-state index in [0.717, 1.165) is 9.34 Å². The quantitative estimate of drug-likeness (QED) is 0.867. The van der Waals surface area contributed by atoms with Gasteiger partial charge < -0.3 is 5.73 Å². The van der Waals surface area contributed by atoms with Gasteiger partial charge in [0.1, 0.15) is 5.00 Å². The average molecular weight is 236 g/mol. The van der Waals surface area contributed by atoms with Crippen LogP contribution in [0.3, 0.4) is 0 Å². The van der Waals surface area contributed by atoms with Crippen LogP contribution in [-0.4, -0.2) is 4.98 Å². The third kappa shape index (κ3) is 2.52. The van der Waals surface area contributed by atoms with Crippen molar-refractivity contribution >= 4 is 28.1 Å². The molecule has 1 aromatic carbocycles. The standard InChI is InChI=1S/C11H12N2S2/c1-7-3-4-9(5-8(7)2)14-11-13-6-10(12)15-11/h3-6H,12H2,1-2H3. The maximum atomic E-state index is 5.63. The molecule has 2 aromatic rings. The molecule has 0 amide bonds. The first-order chi connectivity index (χ1) is 7.15. The molecule has 2 nitrogen and oxygen atoms in total. The molecule has 0 fully saturated rings. The summed E-state index contributed by atoms with van der Waals surface area (Å²) in [5.74, 6) is 0. The van der Waals surface area contributed by atoms with Gasteiger partial charge in [0.25, 0.3) is 0 Å². The van der Waals surface area contributed by atoms with Crippen LogP contribution in [0.25, 0.3) is 0 Å². The van der Waals surface area contributed by atoms with Gasteiger partial charge in [-0.05, 0) is 37.1 Å². The van der Waals surface area contributed by atoms with Crippen LogP contribution in [-0.2, 0) is 0 Å². The Hall–Kier alpha value is -1.00. The van der Waals surface area contributed by atoms with Gasteiger partial charge in [-0.2, -0.15) is 0 Å². The van der Waals surface area contributed by atoms with Gasteiger partial charge in [0, 0.05) is 4.90 Å². The number of aryl methyl sites for hydroxylation is 2. The second-order valence-electron chi connectivity index (χ2n) is 3.38. The van der Waals surface area contributed by atoms with Gasteiger partial charge in [-0.3, -0.25) is 0 Å². The monoisotopic (exact) mass is 236 g/mol. The summed E-state index contributed by atoms with van der Waals surface area (Å²) < 4.78 is 0.996. The summed E-state index contributed by atoms with van der Waals surface area (Å²) in [4.78, 5) is 5.43. The molecule has 78 valence electrons. The van der Waals surface area contributed by atoms with Crippen LogP contribution in [0.2, 0.25) is 0 Å². The fourth-order valence-corrected chi connectivity index (χ4v) is 3.03. The van der Waals surface area contributed by atoms with E-state index in [4.69, 9.17) is 5.73 Å². The Bertz CT molecular complexity index is 477. The van der Waals surface area contributed by atoms with Crippen molar-refractivity contribution in [2.45, 2.75) is 23.1 Å². The zero-order valence-corrected chi connectivity index (χ0v) is 10.3. The Morgan fingerprint density at radius 1 is 1.27 bits per heavy atom. The lowest BCUT2D eigenvalue weighted by Crippen LogP contribution is -1.80. The number of rotatable bonds is 2. The predicted octanol–water partition coefficient (Wildman–Crippen LogP) is 3.49. The van der Waals surface area contributed by atoms with Crippen molar-refractivity contribution in [1.29, 1.82) is 0 Å². The van der Waals surface area contributed by atoms with E-state index in [0.29, 0.717) is 0 Å². The molecule has 1 aromatic heterocycles. The molecule has 0 saturated heterocycles. The number of hydrogen-bond donors (Lipinski definition) is 1. The largest absolute Gasteiger partial charge is 0.389 e. The zero-order chi connectivity index (χ0) is 10.8. The lowest BCUT2D eigenvalue weighted by Gasteiger charge is -2.02. The van der Waals surface area contributed by atoms with Crippen LogP contribution in [0.15, 0.2) is 33.6 Å². The molecule has 0 radical (unpaired) electrons. The molecule has 2 rings (SSSR count). The minimum absolute atomic E-state index is 0.765. The van der Waals surface area contributed by atoms with E-state index >= 15 is 0 Å². The molecule has 0 spiro atoms. The number of nitrogen functional groups attached to an aromatic ring is 1. The first-order valence-corrected chi connectivity index (χ1v) is 6.25. The number of thiazole rings is 1. The minimum Gasteiger partial charge on any atom is -0.389 e. The zero-order valence-electron chi connectivity index (χ0n) is 8.65. The van der Waals surface area contributed by atoms with Crippen LogP contribution < -0.4 is 5.73 Å². The molecule has 2 N–H and O–H groups in total. The van der Waals surface area contributed by atoms with E-state index < -0.39 is 0 Å². The van der Waals surface area contributed by atoms with Crippen molar-refractivity contribution in [2.75, 3.05) is 5.73 Å². The lowest BCUT2D eigenvalue weighted by atomic mass is 10.1. The molecular weight excluding hydrogens is 224 g/mol. The van der Waals surface area contributed by atoms with Crippen LogP contribution in [0.1, 0.15) is 11.1 Å². The fourth-order valence-electron chi connectivity index (χ4n) is 1.20. The molecule has 0 atom stereocenters. The summed E-state index contributed by atoms with van der Waals surface area (Å²) in [5, 5.41) is 0.765. The van der Waals surface area contributed by atoms with Gasteiger partial charge in [-0.15, -0.1) is 0 Å². The number of aromatic nitrogens is 1. The Balaban J connectivity index is 2.21. The number of benzene rings is 1.